The van der Waals surface area contributed by atoms with E-state index in [1.807, 2.05) is 0 Å². The summed E-state index contributed by atoms with van der Waals surface area (Å²) in [5.74, 6) is -1.34. The predicted molar refractivity (Wildman–Crippen MR) is 53.4 cm³/mol. The number of nitrogens with one attached hydrogen (secondary N) is 1. The summed E-state index contributed by atoms with van der Waals surface area (Å²) < 4.78 is 25.6. The maximum absolute atomic E-state index is 13.0. The summed E-state index contributed by atoms with van der Waals surface area (Å²) in [5, 5.41) is 2.28. The summed E-state index contributed by atoms with van der Waals surface area (Å²) in [5.41, 5.74) is -0.121. The molecule has 0 saturated heterocycles. The summed E-state index contributed by atoms with van der Waals surface area (Å²) >= 11 is 1.31. The van der Waals surface area contributed by atoms with E-state index in [0.717, 1.165) is 18.2 Å². The van der Waals surface area contributed by atoms with Crippen molar-refractivity contribution in [3.63, 3.8) is 0 Å². The summed E-state index contributed by atoms with van der Waals surface area (Å²) in [7, 11) is 0. The first kappa shape index (κ1) is 11.0. The monoisotopic (exact) mass is 217 g/mol. The summed E-state index contributed by atoms with van der Waals surface area (Å²) in [4.78, 5) is 11.1. The number of anilines is 1. The van der Waals surface area contributed by atoms with E-state index < -0.39 is 11.6 Å². The molecule has 0 aliphatic heterocycles. The lowest BCUT2D eigenvalue weighted by Gasteiger charge is -2.04. The van der Waals surface area contributed by atoms with Crippen LogP contribution in [0.3, 0.4) is 0 Å². The number of thioether (sulfide) groups is 1. The lowest BCUT2D eigenvalue weighted by atomic mass is 10.3. The van der Waals surface area contributed by atoms with Gasteiger partial charge in [0.25, 0.3) is 0 Å². The third-order valence-electron chi connectivity index (χ3n) is 1.48. The smallest absolute Gasteiger partial charge is 0.234 e. The average Bonchev–Trinajstić information content (AvgIpc) is 2.12. The highest BCUT2D eigenvalue weighted by Crippen LogP contribution is 2.15. The van der Waals surface area contributed by atoms with Crippen molar-refractivity contribution in [3.8, 4) is 0 Å². The lowest BCUT2D eigenvalue weighted by molar-refractivity contribution is -0.113. The van der Waals surface area contributed by atoms with E-state index >= 15 is 0 Å². The van der Waals surface area contributed by atoms with E-state index in [0.29, 0.717) is 0 Å². The Balaban J connectivity index is 2.75. The van der Waals surface area contributed by atoms with Crippen molar-refractivity contribution in [2.24, 2.45) is 0 Å². The fourth-order valence-corrected chi connectivity index (χ4v) is 1.25. The van der Waals surface area contributed by atoms with Crippen LogP contribution in [0.5, 0.6) is 0 Å². The van der Waals surface area contributed by atoms with Crippen molar-refractivity contribution < 1.29 is 13.6 Å². The molecule has 0 aliphatic carbocycles. The molecular weight excluding hydrogens is 208 g/mol. The number of carbonyl (C=O) groups is 1. The summed E-state index contributed by atoms with van der Waals surface area (Å²) in [6.45, 7) is 0. The molecule has 0 aliphatic rings. The second kappa shape index (κ2) is 4.95. The molecule has 0 saturated carbocycles. The number of carbonyl (C=O) groups excluding carboxylic acids is 1. The Labute approximate surface area is 84.7 Å². The van der Waals surface area contributed by atoms with Crippen LogP contribution in [0, 0.1) is 11.6 Å². The third-order valence-corrected chi connectivity index (χ3v) is 2.03. The fourth-order valence-electron chi connectivity index (χ4n) is 0.911. The zero-order chi connectivity index (χ0) is 10.6. The zero-order valence-electron chi connectivity index (χ0n) is 7.51. The van der Waals surface area contributed by atoms with Gasteiger partial charge in [0.05, 0.1) is 11.4 Å². The Morgan fingerprint density at radius 2 is 2.21 bits per heavy atom. The molecule has 0 radical (unpaired) electrons. The molecule has 0 aromatic heterocycles. The van der Waals surface area contributed by atoms with Crippen molar-refractivity contribution in [2.45, 2.75) is 0 Å². The minimum absolute atomic E-state index is 0.121. The molecule has 0 spiro atoms. The molecule has 1 aromatic rings. The first-order valence-electron chi connectivity index (χ1n) is 3.87. The number of benzene rings is 1. The van der Waals surface area contributed by atoms with E-state index in [2.05, 4.69) is 5.32 Å². The molecule has 1 aromatic carbocycles. The van der Waals surface area contributed by atoms with Crippen LogP contribution in [0.4, 0.5) is 14.5 Å². The van der Waals surface area contributed by atoms with Gasteiger partial charge in [0.1, 0.15) is 11.6 Å². The van der Waals surface area contributed by atoms with Crippen molar-refractivity contribution >= 4 is 23.4 Å². The van der Waals surface area contributed by atoms with Gasteiger partial charge in [0.15, 0.2) is 0 Å². The number of hydrogen-bond donors (Lipinski definition) is 1. The van der Waals surface area contributed by atoms with Gasteiger partial charge in [0, 0.05) is 6.07 Å². The van der Waals surface area contributed by atoms with Gasteiger partial charge in [-0.2, -0.15) is 11.8 Å². The Bertz CT molecular complexity index is 344. The van der Waals surface area contributed by atoms with Crippen LogP contribution in [-0.4, -0.2) is 17.9 Å². The molecule has 76 valence electrons. The second-order valence-corrected chi connectivity index (χ2v) is 3.47. The maximum Gasteiger partial charge on any atom is 0.234 e. The van der Waals surface area contributed by atoms with Gasteiger partial charge in [-0.25, -0.2) is 8.78 Å². The van der Waals surface area contributed by atoms with Crippen LogP contribution in [0.15, 0.2) is 18.2 Å². The SMILES string of the molecule is CSCC(=O)Nc1cc(F)ccc1F. The minimum atomic E-state index is -0.638. The van der Waals surface area contributed by atoms with Gasteiger partial charge in [-0.15, -0.1) is 0 Å². The van der Waals surface area contributed by atoms with E-state index in [1.165, 1.54) is 11.8 Å². The van der Waals surface area contributed by atoms with Crippen LogP contribution < -0.4 is 5.32 Å². The van der Waals surface area contributed by atoms with Gasteiger partial charge >= 0.3 is 0 Å². The topological polar surface area (TPSA) is 29.1 Å². The molecule has 0 heterocycles. The molecule has 5 heteroatoms. The van der Waals surface area contributed by atoms with Gasteiger partial charge in [0.2, 0.25) is 5.91 Å². The average molecular weight is 217 g/mol. The van der Waals surface area contributed by atoms with Gasteiger partial charge in [-0.3, -0.25) is 4.79 Å². The van der Waals surface area contributed by atoms with Crippen LogP contribution in [-0.2, 0) is 4.79 Å². The van der Waals surface area contributed by atoms with Crippen LogP contribution >= 0.6 is 11.8 Å². The fraction of sp³-hybridized carbons (Fsp3) is 0.222. The molecular formula is C9H9F2NOS. The second-order valence-electron chi connectivity index (χ2n) is 2.61. The molecule has 0 fully saturated rings. The van der Waals surface area contributed by atoms with Crippen molar-refractivity contribution in [2.75, 3.05) is 17.3 Å². The van der Waals surface area contributed by atoms with E-state index in [4.69, 9.17) is 0 Å². The Hall–Kier alpha value is -1.10. The highest BCUT2D eigenvalue weighted by molar-refractivity contribution is 7.99. The predicted octanol–water partition coefficient (Wildman–Crippen LogP) is 2.27. The first-order chi connectivity index (χ1) is 6.63. The zero-order valence-corrected chi connectivity index (χ0v) is 8.33. The molecule has 1 rings (SSSR count). The van der Waals surface area contributed by atoms with Crippen LogP contribution in [0.2, 0.25) is 0 Å². The van der Waals surface area contributed by atoms with Crippen LogP contribution in [0.25, 0.3) is 0 Å². The highest BCUT2D eigenvalue weighted by Gasteiger charge is 2.06. The van der Waals surface area contributed by atoms with Gasteiger partial charge in [-0.1, -0.05) is 0 Å². The van der Waals surface area contributed by atoms with Crippen molar-refractivity contribution in [1.82, 2.24) is 0 Å². The van der Waals surface area contributed by atoms with Crippen molar-refractivity contribution in [3.05, 3.63) is 29.8 Å². The summed E-state index contributed by atoms with van der Waals surface area (Å²) in [6, 6.07) is 2.93. The third kappa shape index (κ3) is 2.99. The van der Waals surface area contributed by atoms with Gasteiger partial charge in [-0.05, 0) is 18.4 Å². The number of halogens is 2. The Morgan fingerprint density at radius 1 is 1.50 bits per heavy atom. The van der Waals surface area contributed by atoms with Crippen molar-refractivity contribution in [1.29, 1.82) is 0 Å². The number of rotatable bonds is 3. The summed E-state index contributed by atoms with van der Waals surface area (Å²) in [6.07, 6.45) is 1.75. The first-order valence-corrected chi connectivity index (χ1v) is 5.26. The molecule has 0 atom stereocenters. The maximum atomic E-state index is 13.0. The number of hydrogen-bond acceptors (Lipinski definition) is 2. The van der Waals surface area contributed by atoms with E-state index in [9.17, 15) is 13.6 Å². The normalized spacial score (nSPS) is 9.93. The highest BCUT2D eigenvalue weighted by atomic mass is 32.2. The lowest BCUT2D eigenvalue weighted by Crippen LogP contribution is -2.14. The standard InChI is InChI=1S/C9H9F2NOS/c1-14-5-9(13)12-8-4-6(10)2-3-7(8)11/h2-4H,5H2,1H3,(H,12,13). The largest absolute Gasteiger partial charge is 0.323 e. The molecule has 2 nitrogen and oxygen atoms in total. The molecule has 1 amide bonds. The minimum Gasteiger partial charge on any atom is -0.323 e. The molecule has 14 heavy (non-hydrogen) atoms. The Kier molecular flexibility index (Phi) is 3.88. The molecule has 0 bridgehead atoms. The number of amides is 1. The van der Waals surface area contributed by atoms with Crippen LogP contribution in [0.1, 0.15) is 0 Å². The molecule has 0 unspecified atom stereocenters. The molecule has 1 N–H and O–H groups in total. The van der Waals surface area contributed by atoms with Gasteiger partial charge < -0.3 is 5.32 Å². The quantitative estimate of drug-likeness (QED) is 0.841. The van der Waals surface area contributed by atoms with E-state index in [1.54, 1.807) is 6.26 Å². The Morgan fingerprint density at radius 3 is 2.86 bits per heavy atom. The van der Waals surface area contributed by atoms with E-state index in [-0.39, 0.29) is 17.3 Å².